The summed E-state index contributed by atoms with van der Waals surface area (Å²) in [4.78, 5) is 23.1. The van der Waals surface area contributed by atoms with Gasteiger partial charge in [-0.1, -0.05) is 12.1 Å². The third-order valence-corrected chi connectivity index (χ3v) is 7.32. The van der Waals surface area contributed by atoms with Crippen LogP contribution in [0.1, 0.15) is 35.4 Å². The fourth-order valence-corrected chi connectivity index (χ4v) is 4.95. The van der Waals surface area contributed by atoms with Crippen LogP contribution in [0.5, 0.6) is 23.0 Å². The van der Waals surface area contributed by atoms with Gasteiger partial charge in [0.15, 0.2) is 18.2 Å². The van der Waals surface area contributed by atoms with Crippen molar-refractivity contribution >= 4 is 5.78 Å². The molecule has 2 saturated heterocycles. The molecule has 14 heteroatoms. The van der Waals surface area contributed by atoms with Crippen molar-refractivity contribution in [2.45, 2.75) is 74.6 Å². The Morgan fingerprint density at radius 1 is 0.927 bits per heavy atom. The highest BCUT2D eigenvalue weighted by molar-refractivity contribution is 6.02. The SMILES string of the molecule is C[C@@H]1O[C@@H](O[C@H]2[C@@H](O)[C@@H](CO)OO[C@H]2COc2cc(O)c3c(c2)O[C@H](c2ccc(O)cc2)CC3=O)[C@@H](O)[C@@H](O)[C@H]1O. The fourth-order valence-electron chi connectivity index (χ4n) is 4.95. The molecule has 5 rings (SSSR count). The Kier molecular flexibility index (Phi) is 8.65. The largest absolute Gasteiger partial charge is 0.508 e. The van der Waals surface area contributed by atoms with Crippen LogP contribution < -0.4 is 9.47 Å². The van der Waals surface area contributed by atoms with Crippen molar-refractivity contribution in [1.82, 2.24) is 0 Å². The summed E-state index contributed by atoms with van der Waals surface area (Å²) in [6.07, 6.45) is -12.9. The van der Waals surface area contributed by atoms with E-state index in [1.165, 1.54) is 31.2 Å². The molecular weight excluding hydrogens is 548 g/mol. The highest BCUT2D eigenvalue weighted by Crippen LogP contribution is 2.42. The van der Waals surface area contributed by atoms with Gasteiger partial charge < -0.3 is 54.7 Å². The summed E-state index contributed by atoms with van der Waals surface area (Å²) >= 11 is 0. The highest BCUT2D eigenvalue weighted by atomic mass is 17.2. The molecule has 0 radical (unpaired) electrons. The average Bonchev–Trinajstić information content (AvgIpc) is 2.94. The number of carbonyl (C=O) groups is 1. The number of benzene rings is 2. The lowest BCUT2D eigenvalue weighted by Gasteiger charge is -2.44. The Morgan fingerprint density at radius 2 is 1.63 bits per heavy atom. The Balaban J connectivity index is 1.32. The number of ketones is 1. The first-order chi connectivity index (χ1) is 19.6. The number of hydrogen-bond donors (Lipinski definition) is 7. The van der Waals surface area contributed by atoms with Crippen LogP contribution in [0.15, 0.2) is 36.4 Å². The molecule has 3 aliphatic rings. The molecule has 0 spiro atoms. The molecule has 3 heterocycles. The summed E-state index contributed by atoms with van der Waals surface area (Å²) in [5, 5.41) is 70.9. The van der Waals surface area contributed by atoms with Crippen LogP contribution in [0.3, 0.4) is 0 Å². The van der Waals surface area contributed by atoms with Crippen molar-refractivity contribution in [2.24, 2.45) is 0 Å². The maximum Gasteiger partial charge on any atom is 0.187 e. The summed E-state index contributed by atoms with van der Waals surface area (Å²) in [5.41, 5.74) is 0.636. The molecule has 2 aromatic carbocycles. The number of hydrogen-bond acceptors (Lipinski definition) is 14. The second kappa shape index (κ2) is 12.1. The molecule has 224 valence electrons. The number of rotatable bonds is 7. The fraction of sp³-hybridized carbons (Fsp3) is 0.519. The molecule has 41 heavy (non-hydrogen) atoms. The number of Topliss-reactive ketones (excluding diaryl/α,β-unsaturated/α-hetero) is 1. The predicted molar refractivity (Wildman–Crippen MR) is 134 cm³/mol. The van der Waals surface area contributed by atoms with Crippen LogP contribution in [-0.4, -0.2) is 110 Å². The van der Waals surface area contributed by atoms with E-state index in [0.717, 1.165) is 0 Å². The topological polar surface area (TPSA) is 214 Å². The van der Waals surface area contributed by atoms with E-state index in [0.29, 0.717) is 5.56 Å². The van der Waals surface area contributed by atoms with Gasteiger partial charge in [-0.3, -0.25) is 4.79 Å². The zero-order chi connectivity index (χ0) is 29.4. The van der Waals surface area contributed by atoms with Crippen LogP contribution in [0.25, 0.3) is 0 Å². The molecule has 0 aliphatic carbocycles. The zero-order valence-electron chi connectivity index (χ0n) is 21.8. The number of aliphatic hydroxyl groups excluding tert-OH is 5. The second-order valence-electron chi connectivity index (χ2n) is 10.2. The van der Waals surface area contributed by atoms with E-state index in [-0.39, 0.29) is 47.4 Å². The number of aromatic hydroxyl groups is 2. The summed E-state index contributed by atoms with van der Waals surface area (Å²) in [7, 11) is 0. The number of ether oxygens (including phenoxy) is 4. The maximum atomic E-state index is 12.8. The number of carbonyl (C=O) groups excluding carboxylic acids is 1. The van der Waals surface area contributed by atoms with Crippen LogP contribution in [-0.2, 0) is 19.2 Å². The third-order valence-electron chi connectivity index (χ3n) is 7.32. The third kappa shape index (κ3) is 5.97. The van der Waals surface area contributed by atoms with E-state index in [9.17, 15) is 40.5 Å². The van der Waals surface area contributed by atoms with E-state index in [2.05, 4.69) is 0 Å². The van der Waals surface area contributed by atoms with Crippen LogP contribution >= 0.6 is 0 Å². The molecular formula is C27H32O14. The molecule has 14 nitrogen and oxygen atoms in total. The summed E-state index contributed by atoms with van der Waals surface area (Å²) < 4.78 is 23.0. The van der Waals surface area contributed by atoms with Crippen molar-refractivity contribution in [1.29, 1.82) is 0 Å². The molecule has 7 N–H and O–H groups in total. The van der Waals surface area contributed by atoms with Gasteiger partial charge in [-0.15, -0.1) is 0 Å². The van der Waals surface area contributed by atoms with Crippen molar-refractivity contribution in [3.63, 3.8) is 0 Å². The minimum Gasteiger partial charge on any atom is -0.508 e. The van der Waals surface area contributed by atoms with E-state index in [1.807, 2.05) is 0 Å². The van der Waals surface area contributed by atoms with Gasteiger partial charge in [0.2, 0.25) is 0 Å². The molecule has 2 fully saturated rings. The lowest BCUT2D eigenvalue weighted by Crippen LogP contribution is -2.62. The summed E-state index contributed by atoms with van der Waals surface area (Å²) in [5.74, 6) is -0.521. The number of phenols is 2. The summed E-state index contributed by atoms with van der Waals surface area (Å²) in [6.45, 7) is 0.482. The normalized spacial score (nSPS) is 35.4. The first-order valence-electron chi connectivity index (χ1n) is 13.0. The monoisotopic (exact) mass is 580 g/mol. The van der Waals surface area contributed by atoms with Gasteiger partial charge in [0.05, 0.1) is 19.1 Å². The Morgan fingerprint density at radius 3 is 2.34 bits per heavy atom. The molecule has 2 aromatic rings. The van der Waals surface area contributed by atoms with Crippen molar-refractivity contribution in [3.05, 3.63) is 47.5 Å². The van der Waals surface area contributed by atoms with Crippen LogP contribution in [0.4, 0.5) is 0 Å². The molecule has 0 aromatic heterocycles. The molecule has 0 amide bonds. The van der Waals surface area contributed by atoms with E-state index >= 15 is 0 Å². The number of phenolic OH excluding ortho intramolecular Hbond substituents is 2. The van der Waals surface area contributed by atoms with Gasteiger partial charge in [0, 0.05) is 12.1 Å². The maximum absolute atomic E-state index is 12.8. The van der Waals surface area contributed by atoms with E-state index in [4.69, 9.17) is 28.7 Å². The lowest BCUT2D eigenvalue weighted by molar-refractivity contribution is -0.434. The predicted octanol–water partition coefficient (Wildman–Crippen LogP) is -0.552. The van der Waals surface area contributed by atoms with E-state index in [1.54, 1.807) is 12.1 Å². The van der Waals surface area contributed by atoms with Crippen LogP contribution in [0, 0.1) is 0 Å². The van der Waals surface area contributed by atoms with Crippen LogP contribution in [0.2, 0.25) is 0 Å². The van der Waals surface area contributed by atoms with Gasteiger partial charge in [0.1, 0.15) is 77.9 Å². The number of aliphatic hydroxyl groups is 5. The first-order valence-corrected chi connectivity index (χ1v) is 13.0. The second-order valence-corrected chi connectivity index (χ2v) is 10.2. The highest BCUT2D eigenvalue weighted by Gasteiger charge is 2.48. The molecule has 0 bridgehead atoms. The smallest absolute Gasteiger partial charge is 0.187 e. The Bertz CT molecular complexity index is 1220. The number of fused-ring (bicyclic) bond motifs is 1. The zero-order valence-corrected chi connectivity index (χ0v) is 21.8. The van der Waals surface area contributed by atoms with Gasteiger partial charge in [-0.2, -0.15) is 0 Å². The minimum absolute atomic E-state index is 0.00894. The minimum atomic E-state index is -1.67. The quantitative estimate of drug-likeness (QED) is 0.205. The van der Waals surface area contributed by atoms with Gasteiger partial charge in [-0.05, 0) is 24.6 Å². The first kappa shape index (κ1) is 29.4. The standard InChI is InChI=1S/C27H32O14/c1-11-22(32)24(34)25(35)27(37-11)39-26-20(41-40-19(9-28)23(26)33)10-36-14-6-15(30)21-16(31)8-17(38-18(21)7-14)12-2-4-13(29)5-3-12/h2-7,11,17,19-20,22-30,32-35H,8-10H2,1H3/t11-,17-,19+,20-,22-,23-,24-,25-,26+,27-/m0/s1. The molecule has 0 saturated carbocycles. The molecule has 0 unspecified atom stereocenters. The average molecular weight is 581 g/mol. The van der Waals surface area contributed by atoms with Crippen molar-refractivity contribution < 1.29 is 69.3 Å². The van der Waals surface area contributed by atoms with Crippen molar-refractivity contribution in [3.8, 4) is 23.0 Å². The lowest BCUT2D eigenvalue weighted by atomic mass is 9.95. The van der Waals surface area contributed by atoms with Gasteiger partial charge in [0.25, 0.3) is 0 Å². The van der Waals surface area contributed by atoms with Crippen molar-refractivity contribution in [2.75, 3.05) is 13.2 Å². The van der Waals surface area contributed by atoms with Gasteiger partial charge >= 0.3 is 0 Å². The molecule has 3 aliphatic heterocycles. The van der Waals surface area contributed by atoms with Gasteiger partial charge in [-0.25, -0.2) is 9.78 Å². The summed E-state index contributed by atoms with van der Waals surface area (Å²) in [6, 6.07) is 8.79. The Labute approximate surface area is 233 Å². The Hall–Kier alpha value is -3.05. The van der Waals surface area contributed by atoms with E-state index < -0.39 is 67.8 Å². The molecule has 10 atom stereocenters.